The van der Waals surface area contributed by atoms with E-state index >= 15 is 0 Å². The molecule has 0 aliphatic carbocycles. The van der Waals surface area contributed by atoms with Crippen LogP contribution in [0, 0.1) is 5.92 Å². The van der Waals surface area contributed by atoms with Crippen molar-refractivity contribution in [3.63, 3.8) is 0 Å². The molecule has 122 valence electrons. The fourth-order valence-corrected chi connectivity index (χ4v) is 2.09. The van der Waals surface area contributed by atoms with Gasteiger partial charge in [0, 0.05) is 5.92 Å². The Bertz CT molecular complexity index is 479. The highest BCUT2D eigenvalue weighted by Crippen LogP contribution is 2.15. The van der Waals surface area contributed by atoms with Gasteiger partial charge in [-0.25, -0.2) is 4.79 Å². The van der Waals surface area contributed by atoms with Gasteiger partial charge in [-0.3, -0.25) is 0 Å². The topological polar surface area (TPSA) is 58.6 Å². The molecule has 0 heterocycles. The van der Waals surface area contributed by atoms with Gasteiger partial charge in [0.25, 0.3) is 0 Å². The van der Waals surface area contributed by atoms with Crippen LogP contribution in [0.3, 0.4) is 0 Å². The molecule has 0 aromatic heterocycles. The summed E-state index contributed by atoms with van der Waals surface area (Å²) < 4.78 is 5.28. The summed E-state index contributed by atoms with van der Waals surface area (Å²) in [5.41, 5.74) is 0.468. The molecule has 1 amide bonds. The maximum Gasteiger partial charge on any atom is 0.407 e. The summed E-state index contributed by atoms with van der Waals surface area (Å²) in [4.78, 5) is 12.0. The molecule has 0 aliphatic rings. The van der Waals surface area contributed by atoms with E-state index in [1.54, 1.807) is 6.08 Å². The molecular formula is C18H27NO3. The van der Waals surface area contributed by atoms with Crippen molar-refractivity contribution in [2.75, 3.05) is 0 Å². The van der Waals surface area contributed by atoms with Crippen molar-refractivity contribution >= 4 is 6.09 Å². The van der Waals surface area contributed by atoms with Crippen molar-refractivity contribution in [2.24, 2.45) is 5.92 Å². The van der Waals surface area contributed by atoms with Crippen molar-refractivity contribution in [1.29, 1.82) is 0 Å². The molecule has 0 saturated heterocycles. The zero-order chi connectivity index (χ0) is 16.8. The fraction of sp³-hybridized carbons (Fsp3) is 0.500. The molecule has 0 aliphatic heterocycles. The second-order valence-corrected chi connectivity index (χ2v) is 6.53. The first-order chi connectivity index (χ1) is 10.2. The third kappa shape index (κ3) is 6.31. The summed E-state index contributed by atoms with van der Waals surface area (Å²) in [5.74, 6) is -0.136. The molecule has 4 heteroatoms. The molecule has 3 atom stereocenters. The average Bonchev–Trinajstić information content (AvgIpc) is 2.44. The van der Waals surface area contributed by atoms with Gasteiger partial charge in [-0.1, -0.05) is 43.3 Å². The van der Waals surface area contributed by atoms with Crippen LogP contribution in [0.25, 0.3) is 0 Å². The number of aliphatic hydroxyl groups is 1. The van der Waals surface area contributed by atoms with Crippen LogP contribution in [0.15, 0.2) is 43.0 Å². The van der Waals surface area contributed by atoms with E-state index in [4.69, 9.17) is 4.74 Å². The number of benzene rings is 1. The summed E-state index contributed by atoms with van der Waals surface area (Å²) in [7, 11) is 0. The number of aliphatic hydroxyl groups excluding tert-OH is 1. The molecule has 0 unspecified atom stereocenters. The molecule has 2 N–H and O–H groups in total. The van der Waals surface area contributed by atoms with E-state index in [0.717, 1.165) is 5.56 Å². The van der Waals surface area contributed by atoms with Crippen LogP contribution in [0.1, 0.15) is 33.3 Å². The second kappa shape index (κ2) is 7.99. The SMILES string of the molecule is C=C[C@H](C)[C@H](O)[C@H](Cc1ccccc1)NC(=O)OC(C)(C)C. The first kappa shape index (κ1) is 18.2. The number of hydrogen-bond acceptors (Lipinski definition) is 3. The Morgan fingerprint density at radius 2 is 1.95 bits per heavy atom. The normalized spacial score (nSPS) is 15.5. The monoisotopic (exact) mass is 305 g/mol. The Labute approximate surface area is 133 Å². The number of nitrogens with one attached hydrogen (secondary N) is 1. The Balaban J connectivity index is 2.82. The first-order valence-corrected chi connectivity index (χ1v) is 7.57. The summed E-state index contributed by atoms with van der Waals surface area (Å²) in [6.07, 6.45) is 0.952. The summed E-state index contributed by atoms with van der Waals surface area (Å²) >= 11 is 0. The van der Waals surface area contributed by atoms with Crippen molar-refractivity contribution in [2.45, 2.75) is 51.9 Å². The minimum absolute atomic E-state index is 0.136. The molecule has 1 aromatic rings. The lowest BCUT2D eigenvalue weighted by molar-refractivity contribution is 0.0379. The number of amides is 1. The Kier molecular flexibility index (Phi) is 6.62. The van der Waals surface area contributed by atoms with E-state index in [1.807, 2.05) is 58.0 Å². The maximum absolute atomic E-state index is 12.0. The van der Waals surface area contributed by atoms with Crippen LogP contribution in [0.2, 0.25) is 0 Å². The van der Waals surface area contributed by atoms with Gasteiger partial charge in [0.05, 0.1) is 12.1 Å². The van der Waals surface area contributed by atoms with Gasteiger partial charge in [-0.05, 0) is 32.8 Å². The zero-order valence-corrected chi connectivity index (χ0v) is 13.9. The number of rotatable bonds is 6. The van der Waals surface area contributed by atoms with Gasteiger partial charge in [0.2, 0.25) is 0 Å². The first-order valence-electron chi connectivity index (χ1n) is 7.57. The molecule has 0 radical (unpaired) electrons. The summed E-state index contributed by atoms with van der Waals surface area (Å²) in [5, 5.41) is 13.2. The minimum Gasteiger partial charge on any atom is -0.444 e. The molecule has 22 heavy (non-hydrogen) atoms. The van der Waals surface area contributed by atoms with E-state index in [2.05, 4.69) is 11.9 Å². The summed E-state index contributed by atoms with van der Waals surface area (Å²) in [6, 6.07) is 9.30. The molecule has 4 nitrogen and oxygen atoms in total. The van der Waals surface area contributed by atoms with Crippen molar-refractivity contribution in [3.8, 4) is 0 Å². The van der Waals surface area contributed by atoms with E-state index in [9.17, 15) is 9.90 Å². The van der Waals surface area contributed by atoms with Crippen LogP contribution in [-0.2, 0) is 11.2 Å². The number of carbonyl (C=O) groups is 1. The van der Waals surface area contributed by atoms with Crippen LogP contribution >= 0.6 is 0 Å². The molecule has 0 bridgehead atoms. The number of carbonyl (C=O) groups excluding carboxylic acids is 1. The number of alkyl carbamates (subject to hydrolysis) is 1. The fourth-order valence-electron chi connectivity index (χ4n) is 2.09. The van der Waals surface area contributed by atoms with Crippen molar-refractivity contribution < 1.29 is 14.6 Å². The highest BCUT2D eigenvalue weighted by atomic mass is 16.6. The molecule has 0 spiro atoms. The smallest absolute Gasteiger partial charge is 0.407 e. The van der Waals surface area contributed by atoms with Crippen molar-refractivity contribution in [1.82, 2.24) is 5.32 Å². The summed E-state index contributed by atoms with van der Waals surface area (Å²) in [6.45, 7) is 11.0. The van der Waals surface area contributed by atoms with Gasteiger partial charge in [-0.2, -0.15) is 0 Å². The predicted octanol–water partition coefficient (Wildman–Crippen LogP) is 3.31. The maximum atomic E-state index is 12.0. The van der Waals surface area contributed by atoms with Gasteiger partial charge >= 0.3 is 6.09 Å². The molecule has 0 fully saturated rings. The van der Waals surface area contributed by atoms with Gasteiger partial charge in [0.15, 0.2) is 0 Å². The standard InChI is InChI=1S/C18H27NO3/c1-6-13(2)16(20)15(12-14-10-8-7-9-11-14)19-17(21)22-18(3,4)5/h6-11,13,15-16,20H,1,12H2,2-5H3,(H,19,21)/t13-,15-,16-/m0/s1. The minimum atomic E-state index is -0.731. The largest absolute Gasteiger partial charge is 0.444 e. The Morgan fingerprint density at radius 1 is 1.36 bits per heavy atom. The third-order valence-electron chi connectivity index (χ3n) is 3.32. The lowest BCUT2D eigenvalue weighted by Crippen LogP contribution is -2.48. The van der Waals surface area contributed by atoms with Crippen LogP contribution in [0.4, 0.5) is 4.79 Å². The zero-order valence-electron chi connectivity index (χ0n) is 13.9. The van der Waals surface area contributed by atoms with E-state index in [1.165, 1.54) is 0 Å². The van der Waals surface area contributed by atoms with Crippen LogP contribution < -0.4 is 5.32 Å². The van der Waals surface area contributed by atoms with Crippen LogP contribution in [0.5, 0.6) is 0 Å². The highest BCUT2D eigenvalue weighted by molar-refractivity contribution is 5.68. The lowest BCUT2D eigenvalue weighted by Gasteiger charge is -2.29. The third-order valence-corrected chi connectivity index (χ3v) is 3.32. The van der Waals surface area contributed by atoms with Gasteiger partial charge in [0.1, 0.15) is 5.60 Å². The highest BCUT2D eigenvalue weighted by Gasteiger charge is 2.27. The average molecular weight is 305 g/mol. The number of ether oxygens (including phenoxy) is 1. The van der Waals surface area contributed by atoms with E-state index in [0.29, 0.717) is 6.42 Å². The van der Waals surface area contributed by atoms with Gasteiger partial charge < -0.3 is 15.2 Å². The predicted molar refractivity (Wildman–Crippen MR) is 88.7 cm³/mol. The van der Waals surface area contributed by atoms with E-state index in [-0.39, 0.29) is 5.92 Å². The Morgan fingerprint density at radius 3 is 2.45 bits per heavy atom. The number of hydrogen-bond donors (Lipinski definition) is 2. The lowest BCUT2D eigenvalue weighted by atomic mass is 9.93. The van der Waals surface area contributed by atoms with Gasteiger partial charge in [-0.15, -0.1) is 6.58 Å². The molecule has 1 rings (SSSR count). The quantitative estimate of drug-likeness (QED) is 0.793. The Hall–Kier alpha value is -1.81. The molecular weight excluding hydrogens is 278 g/mol. The van der Waals surface area contributed by atoms with Crippen LogP contribution in [-0.4, -0.2) is 28.9 Å². The molecule has 1 aromatic carbocycles. The van der Waals surface area contributed by atoms with Crippen molar-refractivity contribution in [3.05, 3.63) is 48.6 Å². The second-order valence-electron chi connectivity index (χ2n) is 6.53. The molecule has 0 saturated carbocycles. The van der Waals surface area contributed by atoms with E-state index < -0.39 is 23.8 Å².